The maximum atomic E-state index is 11.4. The number of carbonyl (C=O) groups excluding carboxylic acids is 1. The van der Waals surface area contributed by atoms with Gasteiger partial charge in [-0.2, -0.15) is 17.6 Å². The molecule has 0 aromatic carbocycles. The molecule has 0 atom stereocenters. The Morgan fingerprint density at radius 2 is 0.719 bits per heavy atom. The minimum atomic E-state index is -6.23. The van der Waals surface area contributed by atoms with Crippen LogP contribution in [0.4, 0.5) is 35.1 Å². The number of halogens is 10. The zero-order valence-electron chi connectivity index (χ0n) is 39.2. The number of nitrogens with zero attached hydrogens (tertiary/aromatic N) is 4. The maximum absolute atomic E-state index is 11.4. The predicted octanol–water partition coefficient (Wildman–Crippen LogP) is -1.44. The molecule has 0 N–H and O–H groups in total. The molecule has 25 heteroatoms. The van der Waals surface area contributed by atoms with Crippen molar-refractivity contribution in [3.8, 4) is 0 Å². The number of hydrogen-bond acceptors (Lipinski definition) is 11. The van der Waals surface area contributed by atoms with Crippen molar-refractivity contribution < 1.29 is 193 Å². The Balaban J connectivity index is -0.000000133. The van der Waals surface area contributed by atoms with Crippen molar-refractivity contribution in [3.05, 3.63) is 24.8 Å². The van der Waals surface area contributed by atoms with Crippen LogP contribution in [0.15, 0.2) is 24.8 Å². The van der Waals surface area contributed by atoms with Gasteiger partial charge < -0.3 is 58.3 Å². The molecule has 0 aromatic heterocycles. The molecule has 2 aliphatic rings. The molecule has 0 fully saturated rings. The summed E-state index contributed by atoms with van der Waals surface area (Å²) >= 11 is 0. The summed E-state index contributed by atoms with van der Waals surface area (Å²) in [5.74, 6) is 0.167. The van der Waals surface area contributed by atoms with Gasteiger partial charge in [-0.1, -0.05) is 129 Å². The van der Waals surface area contributed by atoms with Crippen molar-refractivity contribution in [2.24, 2.45) is 0 Å². The van der Waals surface area contributed by atoms with Gasteiger partial charge in [0, 0.05) is 52.0 Å². The molecule has 0 unspecified atom stereocenters. The smallest absolute Gasteiger partial charge is 1.00 e. The van der Waals surface area contributed by atoms with E-state index in [9.17, 15) is 65.9 Å². The molecule has 0 aromatic rings. The minimum Gasteiger partial charge on any atom is -1.00 e. The molecule has 0 radical (unpaired) electrons. The van der Waals surface area contributed by atoms with Crippen LogP contribution < -0.4 is 128 Å². The Morgan fingerprint density at radius 1 is 0.516 bits per heavy atom. The van der Waals surface area contributed by atoms with E-state index in [2.05, 4.69) is 72.3 Å². The van der Waals surface area contributed by atoms with Crippen LogP contribution in [-0.4, -0.2) is 115 Å². The zero-order chi connectivity index (χ0) is 46.8. The van der Waals surface area contributed by atoms with Crippen molar-refractivity contribution in [1.29, 1.82) is 0 Å². The van der Waals surface area contributed by atoms with Gasteiger partial charge in [0.1, 0.15) is 5.78 Å². The molecule has 0 aliphatic carbocycles. The second-order valence-electron chi connectivity index (χ2n) is 14.9. The molecule has 2 rings (SSSR count). The van der Waals surface area contributed by atoms with E-state index < -0.39 is 43.6 Å². The van der Waals surface area contributed by atoms with E-state index in [1.54, 1.807) is 0 Å². The van der Waals surface area contributed by atoms with E-state index in [1.807, 2.05) is 0 Å². The summed E-state index contributed by atoms with van der Waals surface area (Å²) in [6.45, 7) is 12.3. The number of hydrogen-bond donors (Lipinski definition) is 0. The molecule has 0 bridgehead atoms. The van der Waals surface area contributed by atoms with Crippen molar-refractivity contribution in [1.82, 2.24) is 19.6 Å². The summed E-state index contributed by atoms with van der Waals surface area (Å²) in [7, 11) is -8.20. The monoisotopic (exact) mass is 1070 g/mol. The fourth-order valence-corrected chi connectivity index (χ4v) is 5.73. The summed E-state index contributed by atoms with van der Waals surface area (Å²) in [6, 6.07) is 0. The Labute approximate surface area is 477 Å². The molecule has 0 saturated heterocycles. The van der Waals surface area contributed by atoms with Gasteiger partial charge in [0.15, 0.2) is 20.2 Å². The first kappa shape index (κ1) is 79.6. The summed E-state index contributed by atoms with van der Waals surface area (Å²) < 4.78 is 145. The molecule has 2 heterocycles. The van der Waals surface area contributed by atoms with Gasteiger partial charge in [0.05, 0.1) is 13.3 Å². The van der Waals surface area contributed by atoms with Gasteiger partial charge in [-0.15, -0.1) is 0 Å². The van der Waals surface area contributed by atoms with Crippen molar-refractivity contribution in [2.45, 2.75) is 179 Å². The normalized spacial score (nSPS) is 13.2. The van der Waals surface area contributed by atoms with E-state index in [4.69, 9.17) is 0 Å². The van der Waals surface area contributed by atoms with E-state index in [0.717, 1.165) is 13.3 Å². The van der Waals surface area contributed by atoms with Crippen LogP contribution >= 0.6 is 0 Å². The molecule has 0 amide bonds. The van der Waals surface area contributed by atoms with Gasteiger partial charge in [-0.3, -0.25) is 0 Å². The Bertz CT molecular complexity index is 1270. The Morgan fingerprint density at radius 3 is 0.859 bits per heavy atom. The number of carbonyl (C=O) groups is 1. The minimum absolute atomic E-state index is 0. The number of rotatable bonds is 26. The number of alkyl halides is 8. The summed E-state index contributed by atoms with van der Waals surface area (Å²) in [5.41, 5.74) is 0. The van der Waals surface area contributed by atoms with Crippen LogP contribution in [0.25, 0.3) is 0 Å². The van der Waals surface area contributed by atoms with Crippen LogP contribution in [0.5, 0.6) is 0 Å². The fourth-order valence-electron chi connectivity index (χ4n) is 5.29. The molecule has 11 nitrogen and oxygen atoms in total. The quantitative estimate of drug-likeness (QED) is 0.0435. The molecule has 0 saturated carbocycles. The topological polar surface area (TPSA) is 144 Å². The van der Waals surface area contributed by atoms with Gasteiger partial charge in [-0.05, 0) is 26.7 Å². The van der Waals surface area contributed by atoms with Gasteiger partial charge in [-0.25, -0.2) is 34.4 Å². The maximum Gasteiger partial charge on any atom is 1.00 e. The largest absolute Gasteiger partial charge is 1.00 e. The first-order valence-corrected chi connectivity index (χ1v) is 23.5. The Kier molecular flexibility index (Phi) is 58.2. The molecule has 2 aliphatic heterocycles. The number of unbranched alkanes of at least 4 members (excludes halogenated alkanes) is 18. The van der Waals surface area contributed by atoms with Gasteiger partial charge in [0.25, 0.3) is 0 Å². The first-order chi connectivity index (χ1) is 27.8. The predicted molar refractivity (Wildman–Crippen MR) is 218 cm³/mol. The second kappa shape index (κ2) is 46.8. The summed E-state index contributed by atoms with van der Waals surface area (Å²) in [6.07, 6.45) is 28.3. The average molecular weight is 1070 g/mol. The molecular formula is C39H72Cl2F8K2N4O7S2-2. The van der Waals surface area contributed by atoms with E-state index >= 15 is 0 Å². The third-order valence-electron chi connectivity index (χ3n) is 8.65. The Hall–Kier alpha value is 1.46. The SMILES string of the molecule is CC(C)=O.CCCCCCCCCCCCN1C=CN(C)C1.CCCCCCCCCCCCN1C=CN(C)C1.O=S(=O)([O-])C(F)(F)C(F)F.O=S(=O)([O-])C(F)(F)C(F)F.[Cl-].[Cl-].[K+].[K+]. The molecule has 64 heavy (non-hydrogen) atoms. The van der Waals surface area contributed by atoms with Crippen LogP contribution in [-0.2, 0) is 25.0 Å². The molecule has 0 spiro atoms. The summed E-state index contributed by atoms with van der Waals surface area (Å²) in [5, 5.41) is -11.0. The summed E-state index contributed by atoms with van der Waals surface area (Å²) in [4.78, 5) is 18.7. The number of ketones is 1. The van der Waals surface area contributed by atoms with Crippen molar-refractivity contribution in [3.63, 3.8) is 0 Å². The van der Waals surface area contributed by atoms with E-state index in [1.165, 1.54) is 155 Å². The molecular weight excluding hydrogens is 1000 g/mol. The zero-order valence-corrected chi connectivity index (χ0v) is 48.6. The average Bonchev–Trinajstić information content (AvgIpc) is 3.76. The van der Waals surface area contributed by atoms with Crippen LogP contribution in [0.1, 0.15) is 156 Å². The van der Waals surface area contributed by atoms with E-state index in [0.29, 0.717) is 0 Å². The van der Waals surface area contributed by atoms with Crippen LogP contribution in [0.3, 0.4) is 0 Å². The van der Waals surface area contributed by atoms with Crippen molar-refractivity contribution >= 4 is 26.0 Å². The second-order valence-corrected chi connectivity index (χ2v) is 17.8. The third-order valence-corrected chi connectivity index (χ3v) is 10.3. The first-order valence-electron chi connectivity index (χ1n) is 20.7. The van der Waals surface area contributed by atoms with Crippen molar-refractivity contribution in [2.75, 3.05) is 40.5 Å². The third kappa shape index (κ3) is 45.9. The number of Topliss-reactive ketones (excluding diaryl/α,β-unsaturated/α-hetero) is 1. The van der Waals surface area contributed by atoms with Gasteiger partial charge >= 0.3 is 126 Å². The molecule has 376 valence electrons. The standard InChI is InChI=1S/2C16H32N2.C3H6O.2C2H2F4O3S.2ClH.2K/c2*1-3-4-5-6-7-8-9-10-11-12-13-18-15-14-17(2)16-18;1-3(2)4;2*3-1(4)2(5,6)10(7,8)9;;;;/h2*14-15H,3-13,16H2,1-2H3;1-2H3;2*1H,(H,7,8,9);2*1H;;/q;;;;;;;2*+1/p-4. The van der Waals surface area contributed by atoms with E-state index in [-0.39, 0.29) is 133 Å². The fraction of sp³-hybridized carbons (Fsp3) is 0.872. The van der Waals surface area contributed by atoms with Gasteiger partial charge in [0.2, 0.25) is 0 Å². The van der Waals surface area contributed by atoms with Crippen LogP contribution in [0.2, 0.25) is 0 Å². The van der Waals surface area contributed by atoms with Crippen LogP contribution in [0, 0.1) is 0 Å².